The number of hydrogen-bond donors (Lipinski definition) is 1. The first-order valence-electron chi connectivity index (χ1n) is 4.49. The van der Waals surface area contributed by atoms with Crippen molar-refractivity contribution in [1.29, 1.82) is 0 Å². The maximum absolute atomic E-state index is 11.5. The van der Waals surface area contributed by atoms with E-state index in [0.29, 0.717) is 12.0 Å². The predicted octanol–water partition coefficient (Wildman–Crippen LogP) is 0.933. The van der Waals surface area contributed by atoms with Crippen molar-refractivity contribution >= 4 is 11.8 Å². The molecule has 0 aliphatic heterocycles. The zero-order chi connectivity index (χ0) is 10.1. The van der Waals surface area contributed by atoms with Crippen LogP contribution < -0.4 is 0 Å². The number of carbonyl (C=O) groups excluding carboxylic acids is 2. The molecular formula is C10H11NO3. The Bertz CT molecular complexity index is 380. The maximum Gasteiger partial charge on any atom is 0.309 e. The van der Waals surface area contributed by atoms with E-state index in [4.69, 9.17) is 0 Å². The number of Topliss-reactive ketones (excluding diaryl/α,β-unsaturated/α-hetero) is 1. The highest BCUT2D eigenvalue weighted by molar-refractivity contribution is 6.00. The number of nitrogens with one attached hydrogen (secondary N) is 1. The first-order chi connectivity index (χ1) is 6.72. The van der Waals surface area contributed by atoms with Crippen LogP contribution in [0.5, 0.6) is 0 Å². The number of aromatic amines is 1. The molecule has 0 radical (unpaired) electrons. The second-order valence-corrected chi connectivity index (χ2v) is 3.42. The van der Waals surface area contributed by atoms with Crippen molar-refractivity contribution < 1.29 is 14.3 Å². The molecule has 0 saturated carbocycles. The molecule has 74 valence electrons. The SMILES string of the molecule is COC(=O)C1CC(=O)c2cc[nH]c2C1. The van der Waals surface area contributed by atoms with Crippen LogP contribution in [-0.2, 0) is 16.0 Å². The second kappa shape index (κ2) is 3.29. The summed E-state index contributed by atoms with van der Waals surface area (Å²) in [5, 5.41) is 0. The van der Waals surface area contributed by atoms with Crippen molar-refractivity contribution in [2.24, 2.45) is 5.92 Å². The number of methoxy groups -OCH3 is 1. The molecule has 1 unspecified atom stereocenters. The van der Waals surface area contributed by atoms with Gasteiger partial charge in [-0.2, -0.15) is 0 Å². The Balaban J connectivity index is 2.25. The fraction of sp³-hybridized carbons (Fsp3) is 0.400. The monoisotopic (exact) mass is 193 g/mol. The van der Waals surface area contributed by atoms with E-state index in [9.17, 15) is 9.59 Å². The van der Waals surface area contributed by atoms with Crippen molar-refractivity contribution in [3.63, 3.8) is 0 Å². The van der Waals surface area contributed by atoms with E-state index < -0.39 is 0 Å². The first-order valence-corrected chi connectivity index (χ1v) is 4.49. The summed E-state index contributed by atoms with van der Waals surface area (Å²) in [6, 6.07) is 1.76. The molecule has 0 aromatic carbocycles. The highest BCUT2D eigenvalue weighted by Gasteiger charge is 2.30. The third kappa shape index (κ3) is 1.32. The lowest BCUT2D eigenvalue weighted by Gasteiger charge is -2.18. The molecule has 0 bridgehead atoms. The average molecular weight is 193 g/mol. The van der Waals surface area contributed by atoms with Gasteiger partial charge in [-0.3, -0.25) is 9.59 Å². The van der Waals surface area contributed by atoms with Gasteiger partial charge in [-0.1, -0.05) is 0 Å². The van der Waals surface area contributed by atoms with Gasteiger partial charge >= 0.3 is 5.97 Å². The van der Waals surface area contributed by atoms with Gasteiger partial charge < -0.3 is 9.72 Å². The highest BCUT2D eigenvalue weighted by atomic mass is 16.5. The molecule has 1 aromatic heterocycles. The summed E-state index contributed by atoms with van der Waals surface area (Å²) in [4.78, 5) is 25.8. The minimum Gasteiger partial charge on any atom is -0.469 e. The predicted molar refractivity (Wildman–Crippen MR) is 49.0 cm³/mol. The summed E-state index contributed by atoms with van der Waals surface area (Å²) >= 11 is 0. The molecular weight excluding hydrogens is 182 g/mol. The normalized spacial score (nSPS) is 20.4. The molecule has 4 nitrogen and oxygen atoms in total. The Labute approximate surface area is 81.3 Å². The highest BCUT2D eigenvalue weighted by Crippen LogP contribution is 2.25. The average Bonchev–Trinajstić information content (AvgIpc) is 2.64. The molecule has 0 fully saturated rings. The van der Waals surface area contributed by atoms with Crippen molar-refractivity contribution in [2.45, 2.75) is 12.8 Å². The number of aromatic nitrogens is 1. The van der Waals surface area contributed by atoms with E-state index in [-0.39, 0.29) is 24.1 Å². The van der Waals surface area contributed by atoms with Gasteiger partial charge in [-0.05, 0) is 6.07 Å². The molecule has 4 heteroatoms. The molecule has 1 aliphatic rings. The van der Waals surface area contributed by atoms with Gasteiger partial charge in [0, 0.05) is 30.3 Å². The number of esters is 1. The van der Waals surface area contributed by atoms with Crippen LogP contribution in [0.4, 0.5) is 0 Å². The van der Waals surface area contributed by atoms with Gasteiger partial charge in [-0.15, -0.1) is 0 Å². The van der Waals surface area contributed by atoms with E-state index in [2.05, 4.69) is 9.72 Å². The third-order valence-electron chi connectivity index (χ3n) is 2.55. The molecule has 1 atom stereocenters. The summed E-state index contributed by atoms with van der Waals surface area (Å²) in [5.41, 5.74) is 1.56. The zero-order valence-corrected chi connectivity index (χ0v) is 7.87. The summed E-state index contributed by atoms with van der Waals surface area (Å²) in [5.74, 6) is -0.611. The standard InChI is InChI=1S/C10H11NO3/c1-14-10(13)6-4-8-7(2-3-11-8)9(12)5-6/h2-3,6,11H,4-5H2,1H3. The van der Waals surface area contributed by atoms with E-state index in [1.165, 1.54) is 7.11 Å². The number of ether oxygens (including phenoxy) is 1. The van der Waals surface area contributed by atoms with Crippen molar-refractivity contribution in [2.75, 3.05) is 7.11 Å². The second-order valence-electron chi connectivity index (χ2n) is 3.42. The molecule has 0 saturated heterocycles. The largest absolute Gasteiger partial charge is 0.469 e. The van der Waals surface area contributed by atoms with Crippen LogP contribution in [0.2, 0.25) is 0 Å². The van der Waals surface area contributed by atoms with Crippen molar-refractivity contribution in [3.8, 4) is 0 Å². The minimum absolute atomic E-state index is 0.0166. The molecule has 1 heterocycles. The van der Waals surface area contributed by atoms with E-state index in [1.54, 1.807) is 12.3 Å². The van der Waals surface area contributed by atoms with Gasteiger partial charge in [0.25, 0.3) is 0 Å². The molecule has 0 amide bonds. The molecule has 0 spiro atoms. The summed E-state index contributed by atoms with van der Waals surface area (Å²) in [6.45, 7) is 0. The first kappa shape index (κ1) is 8.99. The summed E-state index contributed by atoms with van der Waals surface area (Å²) in [6.07, 6.45) is 2.56. The van der Waals surface area contributed by atoms with Crippen molar-refractivity contribution in [3.05, 3.63) is 23.5 Å². The summed E-state index contributed by atoms with van der Waals surface area (Å²) in [7, 11) is 1.34. The van der Waals surface area contributed by atoms with Crippen LogP contribution in [0.3, 0.4) is 0 Å². The number of fused-ring (bicyclic) bond motifs is 1. The van der Waals surface area contributed by atoms with Crippen LogP contribution in [0.15, 0.2) is 12.3 Å². The van der Waals surface area contributed by atoms with Crippen molar-refractivity contribution in [1.82, 2.24) is 4.98 Å². The fourth-order valence-corrected chi connectivity index (χ4v) is 1.82. The summed E-state index contributed by atoms with van der Waals surface area (Å²) < 4.78 is 4.62. The van der Waals surface area contributed by atoms with E-state index in [0.717, 1.165) is 5.69 Å². The van der Waals surface area contributed by atoms with E-state index >= 15 is 0 Å². The Morgan fingerprint density at radius 1 is 1.57 bits per heavy atom. The van der Waals surface area contributed by atoms with Gasteiger partial charge in [0.15, 0.2) is 5.78 Å². The van der Waals surface area contributed by atoms with Gasteiger partial charge in [0.2, 0.25) is 0 Å². The molecule has 1 aromatic rings. The lowest BCUT2D eigenvalue weighted by Crippen LogP contribution is -2.27. The molecule has 14 heavy (non-hydrogen) atoms. The van der Waals surface area contributed by atoms with Crippen LogP contribution >= 0.6 is 0 Å². The number of hydrogen-bond acceptors (Lipinski definition) is 3. The lowest BCUT2D eigenvalue weighted by molar-refractivity contribution is -0.145. The lowest BCUT2D eigenvalue weighted by atomic mass is 9.87. The number of carbonyl (C=O) groups is 2. The number of rotatable bonds is 1. The van der Waals surface area contributed by atoms with E-state index in [1.807, 2.05) is 0 Å². The Kier molecular flexibility index (Phi) is 2.11. The maximum atomic E-state index is 11.5. The number of H-pyrrole nitrogens is 1. The zero-order valence-electron chi connectivity index (χ0n) is 7.87. The van der Waals surface area contributed by atoms with Crippen LogP contribution in [0, 0.1) is 5.92 Å². The smallest absolute Gasteiger partial charge is 0.309 e. The minimum atomic E-state index is -0.321. The Hall–Kier alpha value is -1.58. The number of ketones is 1. The third-order valence-corrected chi connectivity index (χ3v) is 2.55. The Morgan fingerprint density at radius 2 is 2.36 bits per heavy atom. The van der Waals surface area contributed by atoms with Crippen LogP contribution in [-0.4, -0.2) is 23.8 Å². The molecule has 1 N–H and O–H groups in total. The topological polar surface area (TPSA) is 59.2 Å². The fourth-order valence-electron chi connectivity index (χ4n) is 1.82. The Morgan fingerprint density at radius 3 is 3.07 bits per heavy atom. The molecule has 1 aliphatic carbocycles. The van der Waals surface area contributed by atoms with Crippen LogP contribution in [0.25, 0.3) is 0 Å². The molecule has 2 rings (SSSR count). The van der Waals surface area contributed by atoms with Gasteiger partial charge in [-0.25, -0.2) is 0 Å². The quantitative estimate of drug-likeness (QED) is 0.675. The van der Waals surface area contributed by atoms with Gasteiger partial charge in [0.1, 0.15) is 0 Å². The van der Waals surface area contributed by atoms with Gasteiger partial charge in [0.05, 0.1) is 13.0 Å². The van der Waals surface area contributed by atoms with Crippen LogP contribution in [0.1, 0.15) is 22.5 Å².